The Bertz CT molecular complexity index is 472. The lowest BCUT2D eigenvalue weighted by atomic mass is 10.1. The van der Waals surface area contributed by atoms with Crippen molar-refractivity contribution in [3.8, 4) is 0 Å². The predicted octanol–water partition coefficient (Wildman–Crippen LogP) is 2.93. The molecule has 92 valence electrons. The lowest BCUT2D eigenvalue weighted by Gasteiger charge is -2.15. The van der Waals surface area contributed by atoms with Crippen molar-refractivity contribution in [1.29, 1.82) is 0 Å². The minimum Gasteiger partial charge on any atom is -0.346 e. The van der Waals surface area contributed by atoms with Crippen molar-refractivity contribution < 1.29 is 13.6 Å². The molecule has 2 rings (SSSR count). The Labute approximate surface area is 107 Å². The van der Waals surface area contributed by atoms with Crippen molar-refractivity contribution in [2.75, 3.05) is 5.33 Å². The van der Waals surface area contributed by atoms with Crippen LogP contribution in [0.2, 0.25) is 0 Å². The van der Waals surface area contributed by atoms with E-state index in [-0.39, 0.29) is 11.1 Å². The first-order chi connectivity index (χ1) is 7.99. The van der Waals surface area contributed by atoms with Gasteiger partial charge in [0.2, 0.25) is 0 Å². The van der Waals surface area contributed by atoms with Crippen LogP contribution in [0.4, 0.5) is 8.78 Å². The Hall–Kier alpha value is -0.970. The van der Waals surface area contributed by atoms with Crippen LogP contribution in [0.1, 0.15) is 28.8 Å². The van der Waals surface area contributed by atoms with Crippen LogP contribution in [0.25, 0.3) is 0 Å². The van der Waals surface area contributed by atoms with E-state index in [1.165, 1.54) is 13.0 Å². The normalized spacial score (nSPS) is 16.7. The monoisotopic (exact) mass is 303 g/mol. The highest BCUT2D eigenvalue weighted by Crippen LogP contribution is 2.37. The molecule has 0 bridgehead atoms. The van der Waals surface area contributed by atoms with Gasteiger partial charge in [0, 0.05) is 5.33 Å². The minimum atomic E-state index is -0.823. The molecule has 1 aromatic rings. The van der Waals surface area contributed by atoms with Crippen molar-refractivity contribution in [3.63, 3.8) is 0 Å². The van der Waals surface area contributed by atoms with Crippen LogP contribution in [0, 0.1) is 18.6 Å². The second-order valence-electron chi connectivity index (χ2n) is 4.42. The molecule has 1 amide bonds. The zero-order valence-electron chi connectivity index (χ0n) is 9.32. The van der Waals surface area contributed by atoms with Crippen molar-refractivity contribution in [2.24, 2.45) is 0 Å². The SMILES string of the molecule is Cc1ccc(F)c(C(=O)NC2(CBr)CC2)c1F. The Kier molecular flexibility index (Phi) is 3.21. The lowest BCUT2D eigenvalue weighted by Crippen LogP contribution is -2.39. The maximum Gasteiger partial charge on any atom is 0.257 e. The third-order valence-electron chi connectivity index (χ3n) is 3.00. The molecule has 2 nitrogen and oxygen atoms in total. The van der Waals surface area contributed by atoms with Gasteiger partial charge < -0.3 is 5.32 Å². The fraction of sp³-hybridized carbons (Fsp3) is 0.417. The Morgan fingerprint density at radius 3 is 2.65 bits per heavy atom. The fourth-order valence-electron chi connectivity index (χ4n) is 1.61. The highest BCUT2D eigenvalue weighted by atomic mass is 79.9. The molecule has 1 saturated carbocycles. The van der Waals surface area contributed by atoms with Gasteiger partial charge in [-0.3, -0.25) is 4.79 Å². The number of aryl methyl sites for hydroxylation is 1. The van der Waals surface area contributed by atoms with Gasteiger partial charge in [0.25, 0.3) is 5.91 Å². The van der Waals surface area contributed by atoms with Crippen molar-refractivity contribution >= 4 is 21.8 Å². The van der Waals surface area contributed by atoms with E-state index in [4.69, 9.17) is 0 Å². The summed E-state index contributed by atoms with van der Waals surface area (Å²) in [5, 5.41) is 3.27. The molecule has 0 atom stereocenters. The standard InChI is InChI=1S/C12H12BrF2NO/c1-7-2-3-8(14)9(10(7)15)11(17)16-12(6-13)4-5-12/h2-3H,4-6H2,1H3,(H,16,17). The van der Waals surface area contributed by atoms with Crippen LogP contribution in [0.5, 0.6) is 0 Å². The number of carbonyl (C=O) groups excluding carboxylic acids is 1. The van der Waals surface area contributed by atoms with Crippen molar-refractivity contribution in [1.82, 2.24) is 5.32 Å². The van der Waals surface area contributed by atoms with E-state index in [2.05, 4.69) is 21.2 Å². The molecule has 0 unspecified atom stereocenters. The van der Waals surface area contributed by atoms with Gasteiger partial charge in [-0.15, -0.1) is 0 Å². The number of hydrogen-bond acceptors (Lipinski definition) is 1. The molecule has 0 saturated heterocycles. The molecule has 0 aromatic heterocycles. The van der Waals surface area contributed by atoms with Gasteiger partial charge in [-0.1, -0.05) is 22.0 Å². The largest absolute Gasteiger partial charge is 0.346 e. The maximum absolute atomic E-state index is 13.7. The fourth-order valence-corrected chi connectivity index (χ4v) is 2.31. The van der Waals surface area contributed by atoms with E-state index >= 15 is 0 Å². The zero-order chi connectivity index (χ0) is 12.6. The predicted molar refractivity (Wildman–Crippen MR) is 64.3 cm³/mol. The van der Waals surface area contributed by atoms with Gasteiger partial charge in [0.1, 0.15) is 17.2 Å². The number of benzene rings is 1. The maximum atomic E-state index is 13.7. The van der Waals surface area contributed by atoms with Gasteiger partial charge >= 0.3 is 0 Å². The third-order valence-corrected chi connectivity index (χ3v) is 4.07. The van der Waals surface area contributed by atoms with Crippen LogP contribution in [0.3, 0.4) is 0 Å². The number of alkyl halides is 1. The van der Waals surface area contributed by atoms with E-state index in [9.17, 15) is 13.6 Å². The summed E-state index contributed by atoms with van der Waals surface area (Å²) in [6.45, 7) is 1.50. The Balaban J connectivity index is 2.28. The molecule has 0 spiro atoms. The second-order valence-corrected chi connectivity index (χ2v) is 4.98. The first kappa shape index (κ1) is 12.5. The summed E-state index contributed by atoms with van der Waals surface area (Å²) >= 11 is 3.28. The number of carbonyl (C=O) groups is 1. The van der Waals surface area contributed by atoms with Crippen LogP contribution in [0.15, 0.2) is 12.1 Å². The second kappa shape index (κ2) is 4.37. The molecular formula is C12H12BrF2NO. The summed E-state index contributed by atoms with van der Waals surface area (Å²) in [6, 6.07) is 2.43. The Morgan fingerprint density at radius 1 is 1.47 bits per heavy atom. The molecule has 17 heavy (non-hydrogen) atoms. The van der Waals surface area contributed by atoms with Gasteiger partial charge in [0.05, 0.1) is 5.54 Å². The van der Waals surface area contributed by atoms with E-state index in [1.807, 2.05) is 0 Å². The first-order valence-electron chi connectivity index (χ1n) is 5.32. The number of rotatable bonds is 3. The van der Waals surface area contributed by atoms with Crippen LogP contribution >= 0.6 is 15.9 Å². The van der Waals surface area contributed by atoms with E-state index in [1.54, 1.807) is 0 Å². The van der Waals surface area contributed by atoms with Gasteiger partial charge in [0.15, 0.2) is 0 Å². The molecule has 1 fully saturated rings. The van der Waals surface area contributed by atoms with Gasteiger partial charge in [-0.05, 0) is 31.4 Å². The highest BCUT2D eigenvalue weighted by Gasteiger charge is 2.43. The molecule has 5 heteroatoms. The number of nitrogens with one attached hydrogen (secondary N) is 1. The minimum absolute atomic E-state index is 0.264. The van der Waals surface area contributed by atoms with Crippen LogP contribution in [-0.2, 0) is 0 Å². The molecule has 1 aliphatic carbocycles. The number of halogens is 3. The van der Waals surface area contributed by atoms with E-state index in [0.717, 1.165) is 18.9 Å². The third kappa shape index (κ3) is 2.34. The van der Waals surface area contributed by atoms with Crippen LogP contribution < -0.4 is 5.32 Å². The highest BCUT2D eigenvalue weighted by molar-refractivity contribution is 9.09. The first-order valence-corrected chi connectivity index (χ1v) is 6.44. The average Bonchev–Trinajstić information content (AvgIpc) is 3.05. The molecule has 1 aromatic carbocycles. The summed E-state index contributed by atoms with van der Waals surface area (Å²) in [7, 11) is 0. The topological polar surface area (TPSA) is 29.1 Å². The van der Waals surface area contributed by atoms with Gasteiger partial charge in [-0.25, -0.2) is 8.78 Å². The molecule has 1 N–H and O–H groups in total. The summed E-state index contributed by atoms with van der Waals surface area (Å²) < 4.78 is 27.2. The Morgan fingerprint density at radius 2 is 2.12 bits per heavy atom. The molecule has 0 aliphatic heterocycles. The zero-order valence-corrected chi connectivity index (χ0v) is 10.9. The average molecular weight is 304 g/mol. The molecule has 0 heterocycles. The lowest BCUT2D eigenvalue weighted by molar-refractivity contribution is 0.0928. The molecule has 1 aliphatic rings. The molecular weight excluding hydrogens is 292 g/mol. The molecule has 0 radical (unpaired) electrons. The van der Waals surface area contributed by atoms with Crippen molar-refractivity contribution in [2.45, 2.75) is 25.3 Å². The van der Waals surface area contributed by atoms with E-state index in [0.29, 0.717) is 5.33 Å². The van der Waals surface area contributed by atoms with Crippen LogP contribution in [-0.4, -0.2) is 16.8 Å². The van der Waals surface area contributed by atoms with Crippen molar-refractivity contribution in [3.05, 3.63) is 34.9 Å². The number of amides is 1. The summed E-state index contributed by atoms with van der Waals surface area (Å²) in [5.41, 5.74) is -0.544. The summed E-state index contributed by atoms with van der Waals surface area (Å²) in [4.78, 5) is 11.8. The quantitative estimate of drug-likeness (QED) is 0.855. The van der Waals surface area contributed by atoms with E-state index < -0.39 is 23.1 Å². The van der Waals surface area contributed by atoms with Gasteiger partial charge in [-0.2, -0.15) is 0 Å². The summed E-state index contributed by atoms with van der Waals surface area (Å²) in [5.74, 6) is -2.29. The number of hydrogen-bond donors (Lipinski definition) is 1. The smallest absolute Gasteiger partial charge is 0.257 e. The summed E-state index contributed by atoms with van der Waals surface area (Å²) in [6.07, 6.45) is 1.66.